The number of rotatable bonds is 6. The molecule has 61 heavy (non-hydrogen) atoms. The summed E-state index contributed by atoms with van der Waals surface area (Å²) < 4.78 is 0. The summed E-state index contributed by atoms with van der Waals surface area (Å²) in [6.45, 7) is 4.75. The molecular formula is C59H44N2. The number of benzene rings is 8. The Labute approximate surface area is 357 Å². The molecule has 0 amide bonds. The van der Waals surface area contributed by atoms with Crippen molar-refractivity contribution >= 4 is 38.9 Å². The van der Waals surface area contributed by atoms with Gasteiger partial charge in [-0.1, -0.05) is 190 Å². The lowest BCUT2D eigenvalue weighted by Crippen LogP contribution is -2.29. The molecule has 290 valence electrons. The average molecular weight is 781 g/mol. The van der Waals surface area contributed by atoms with E-state index in [4.69, 9.17) is 0 Å². The van der Waals surface area contributed by atoms with Gasteiger partial charge in [0.15, 0.2) is 0 Å². The molecule has 9 aromatic rings. The van der Waals surface area contributed by atoms with E-state index in [-0.39, 0.29) is 5.41 Å². The molecule has 1 atom stereocenters. The lowest BCUT2D eigenvalue weighted by atomic mass is 9.67. The van der Waals surface area contributed by atoms with E-state index in [0.29, 0.717) is 0 Å². The van der Waals surface area contributed by atoms with Crippen LogP contribution in [0.25, 0.3) is 55.2 Å². The van der Waals surface area contributed by atoms with Crippen molar-refractivity contribution in [2.45, 2.75) is 31.1 Å². The molecule has 2 nitrogen and oxygen atoms in total. The standard InChI is InChI=1S/C59H44N2/c1-58(2)50-30-13-10-25-45(50)46-36-35-43(38-53(46)58)61(42-24-16-19-39(37-42)44-28-17-29-48-47-26-12-15-33-54(47)60-57(44)48)55-34-18-32-52-56(55)49-27-11-14-31-51(49)59(52,41-22-8-5-9-23-41)40-20-6-3-4-7-21-40/h3-6,8-38,60H,7H2,1-2H3. The third-order valence-corrected chi connectivity index (χ3v) is 13.7. The highest BCUT2D eigenvalue weighted by atomic mass is 15.1. The van der Waals surface area contributed by atoms with Crippen LogP contribution >= 0.6 is 0 Å². The van der Waals surface area contributed by atoms with E-state index >= 15 is 0 Å². The number of hydrogen-bond acceptors (Lipinski definition) is 1. The quantitative estimate of drug-likeness (QED) is 0.178. The number of aromatic nitrogens is 1. The monoisotopic (exact) mass is 780 g/mol. The zero-order valence-electron chi connectivity index (χ0n) is 34.4. The van der Waals surface area contributed by atoms with Gasteiger partial charge in [-0.3, -0.25) is 0 Å². The number of anilines is 3. The van der Waals surface area contributed by atoms with Gasteiger partial charge < -0.3 is 9.88 Å². The topological polar surface area (TPSA) is 19.0 Å². The van der Waals surface area contributed by atoms with Crippen molar-refractivity contribution in [2.24, 2.45) is 0 Å². The number of aromatic amines is 1. The number of nitrogens with one attached hydrogen (secondary N) is 1. The molecule has 0 aliphatic heterocycles. The minimum absolute atomic E-state index is 0.152. The Bertz CT molecular complexity index is 3320. The van der Waals surface area contributed by atoms with Gasteiger partial charge in [-0.2, -0.15) is 0 Å². The summed E-state index contributed by atoms with van der Waals surface area (Å²) in [5.74, 6) is 0. The highest BCUT2D eigenvalue weighted by molar-refractivity contribution is 6.12. The molecule has 0 radical (unpaired) electrons. The second-order valence-corrected chi connectivity index (χ2v) is 17.2. The molecule has 3 aliphatic carbocycles. The summed E-state index contributed by atoms with van der Waals surface area (Å²) in [5.41, 5.74) is 20.5. The van der Waals surface area contributed by atoms with Gasteiger partial charge in [-0.15, -0.1) is 0 Å². The van der Waals surface area contributed by atoms with Crippen molar-refractivity contribution in [2.75, 3.05) is 4.90 Å². The second-order valence-electron chi connectivity index (χ2n) is 17.2. The molecule has 8 aromatic carbocycles. The van der Waals surface area contributed by atoms with Crippen molar-refractivity contribution in [3.63, 3.8) is 0 Å². The van der Waals surface area contributed by atoms with E-state index in [2.05, 4.69) is 236 Å². The fourth-order valence-electron chi connectivity index (χ4n) is 11.0. The smallest absolute Gasteiger partial charge is 0.0711 e. The maximum Gasteiger partial charge on any atom is 0.0711 e. The van der Waals surface area contributed by atoms with Crippen molar-refractivity contribution in [1.29, 1.82) is 0 Å². The first-order valence-corrected chi connectivity index (χ1v) is 21.5. The van der Waals surface area contributed by atoms with Gasteiger partial charge in [0.05, 0.1) is 16.6 Å². The molecule has 1 N–H and O–H groups in total. The molecule has 3 aliphatic rings. The van der Waals surface area contributed by atoms with E-state index in [1.807, 2.05) is 0 Å². The Balaban J connectivity index is 1.13. The van der Waals surface area contributed by atoms with Gasteiger partial charge in [0, 0.05) is 44.2 Å². The highest BCUT2D eigenvalue weighted by Crippen LogP contribution is 2.60. The molecule has 2 heteroatoms. The maximum absolute atomic E-state index is 3.78. The Morgan fingerprint density at radius 2 is 1.20 bits per heavy atom. The van der Waals surface area contributed by atoms with Crippen LogP contribution in [0.1, 0.15) is 48.1 Å². The van der Waals surface area contributed by atoms with Crippen LogP contribution in [0.15, 0.2) is 218 Å². The Hall–Kier alpha value is -7.42. The van der Waals surface area contributed by atoms with Crippen LogP contribution in [0.2, 0.25) is 0 Å². The maximum atomic E-state index is 3.78. The first-order valence-electron chi connectivity index (χ1n) is 21.5. The van der Waals surface area contributed by atoms with Crippen LogP contribution in [-0.4, -0.2) is 4.98 Å². The minimum Gasteiger partial charge on any atom is -0.354 e. The third kappa shape index (κ3) is 5.15. The van der Waals surface area contributed by atoms with Crippen LogP contribution in [0, 0.1) is 0 Å². The number of allylic oxidation sites excluding steroid dienone is 6. The van der Waals surface area contributed by atoms with Gasteiger partial charge in [0.25, 0.3) is 0 Å². The van der Waals surface area contributed by atoms with E-state index in [1.54, 1.807) is 0 Å². The predicted molar refractivity (Wildman–Crippen MR) is 256 cm³/mol. The van der Waals surface area contributed by atoms with E-state index in [9.17, 15) is 0 Å². The Kier molecular flexibility index (Phi) is 7.89. The summed E-state index contributed by atoms with van der Waals surface area (Å²) in [5, 5.41) is 2.48. The van der Waals surface area contributed by atoms with E-state index < -0.39 is 5.41 Å². The molecule has 0 saturated carbocycles. The first-order chi connectivity index (χ1) is 30.0. The molecule has 0 fully saturated rings. The number of fused-ring (bicyclic) bond motifs is 9. The molecule has 12 rings (SSSR count). The van der Waals surface area contributed by atoms with Gasteiger partial charge >= 0.3 is 0 Å². The predicted octanol–water partition coefficient (Wildman–Crippen LogP) is 15.5. The van der Waals surface area contributed by atoms with Gasteiger partial charge in [-0.25, -0.2) is 0 Å². The third-order valence-electron chi connectivity index (χ3n) is 13.7. The highest BCUT2D eigenvalue weighted by Gasteiger charge is 2.48. The van der Waals surface area contributed by atoms with E-state index in [1.165, 1.54) is 77.5 Å². The van der Waals surface area contributed by atoms with Gasteiger partial charge in [-0.05, 0) is 98.5 Å². The van der Waals surface area contributed by atoms with Crippen LogP contribution in [0.3, 0.4) is 0 Å². The zero-order valence-corrected chi connectivity index (χ0v) is 34.4. The SMILES string of the molecule is CC1(C)c2ccccc2-c2ccc(N(c3cccc(-c4cccc5c4[nH]c4ccccc45)c3)c3cccc4c3-c3ccccc3C4(C3=CCC=CC=C3)c3ccccc3)cc21. The first kappa shape index (κ1) is 35.5. The molecular weight excluding hydrogens is 737 g/mol. The average Bonchev–Trinajstić information content (AvgIpc) is 3.80. The van der Waals surface area contributed by atoms with Crippen molar-refractivity contribution < 1.29 is 0 Å². The molecule has 1 aromatic heterocycles. The Morgan fingerprint density at radius 1 is 0.508 bits per heavy atom. The lowest BCUT2D eigenvalue weighted by molar-refractivity contribution is 0.660. The second kappa shape index (κ2) is 13.6. The van der Waals surface area contributed by atoms with Crippen molar-refractivity contribution in [1.82, 2.24) is 4.98 Å². The van der Waals surface area contributed by atoms with Crippen LogP contribution in [0.4, 0.5) is 17.1 Å². The number of nitrogens with zero attached hydrogens (tertiary/aromatic N) is 1. The normalized spacial score (nSPS) is 16.8. The summed E-state index contributed by atoms with van der Waals surface area (Å²) in [7, 11) is 0. The number of hydrogen-bond donors (Lipinski definition) is 1. The largest absolute Gasteiger partial charge is 0.354 e. The summed E-state index contributed by atoms with van der Waals surface area (Å²) in [6, 6.07) is 67.8. The molecule has 0 saturated heterocycles. The number of para-hydroxylation sites is 2. The summed E-state index contributed by atoms with van der Waals surface area (Å²) >= 11 is 0. The van der Waals surface area contributed by atoms with Crippen LogP contribution in [0.5, 0.6) is 0 Å². The van der Waals surface area contributed by atoms with Crippen molar-refractivity contribution in [3.05, 3.63) is 246 Å². The van der Waals surface area contributed by atoms with Gasteiger partial charge in [0.2, 0.25) is 0 Å². The van der Waals surface area contributed by atoms with E-state index in [0.717, 1.165) is 34.5 Å². The zero-order chi connectivity index (χ0) is 40.7. The molecule has 0 spiro atoms. The fourth-order valence-corrected chi connectivity index (χ4v) is 11.0. The number of H-pyrrole nitrogens is 1. The summed E-state index contributed by atoms with van der Waals surface area (Å²) in [6.07, 6.45) is 12.3. The van der Waals surface area contributed by atoms with Crippen molar-refractivity contribution in [3.8, 4) is 33.4 Å². The van der Waals surface area contributed by atoms with Crippen LogP contribution in [-0.2, 0) is 10.8 Å². The lowest BCUT2D eigenvalue weighted by Gasteiger charge is -2.35. The summed E-state index contributed by atoms with van der Waals surface area (Å²) in [4.78, 5) is 6.31. The molecule has 0 bridgehead atoms. The Morgan fingerprint density at radius 3 is 2.10 bits per heavy atom. The molecule has 1 unspecified atom stereocenters. The van der Waals surface area contributed by atoms with Gasteiger partial charge in [0.1, 0.15) is 0 Å². The van der Waals surface area contributed by atoms with Crippen LogP contribution < -0.4 is 4.90 Å². The minimum atomic E-state index is -0.508. The molecule has 1 heterocycles. The fraction of sp³-hybridized carbons (Fsp3) is 0.0847.